The van der Waals surface area contributed by atoms with E-state index in [1.54, 1.807) is 24.3 Å². The van der Waals surface area contributed by atoms with E-state index in [2.05, 4.69) is 0 Å². The predicted molar refractivity (Wildman–Crippen MR) is 99.9 cm³/mol. The van der Waals surface area contributed by atoms with Crippen LogP contribution in [0.15, 0.2) is 41.3 Å². The number of methoxy groups -OCH3 is 1. The van der Waals surface area contributed by atoms with Crippen LogP contribution in [0.1, 0.15) is 0 Å². The molecule has 0 radical (unpaired) electrons. The lowest BCUT2D eigenvalue weighted by Gasteiger charge is -2.29. The van der Waals surface area contributed by atoms with Crippen LogP contribution in [-0.4, -0.2) is 75.3 Å². The monoisotopic (exact) mass is 415 g/mol. The number of sulfonamides is 1. The van der Waals surface area contributed by atoms with Crippen LogP contribution >= 0.6 is 0 Å². The number of hydrogen-bond donors (Lipinski definition) is 2. The van der Waals surface area contributed by atoms with Gasteiger partial charge in [-0.1, -0.05) is 24.3 Å². The van der Waals surface area contributed by atoms with E-state index < -0.39 is 50.1 Å². The predicted octanol–water partition coefficient (Wildman–Crippen LogP) is -0.0107. The van der Waals surface area contributed by atoms with Gasteiger partial charge in [-0.2, -0.15) is 4.31 Å². The Bertz CT molecular complexity index is 1050. The second kappa shape index (κ2) is 7.36. The number of ether oxygens (including phenoxy) is 1. The molecule has 1 aliphatic rings. The van der Waals surface area contributed by atoms with Gasteiger partial charge >= 0.3 is 0 Å². The highest BCUT2D eigenvalue weighted by molar-refractivity contribution is 7.92. The van der Waals surface area contributed by atoms with E-state index >= 15 is 0 Å². The van der Waals surface area contributed by atoms with Crippen LogP contribution in [0.2, 0.25) is 0 Å². The number of fused-ring (bicyclic) bond motifs is 1. The molecule has 0 bridgehead atoms. The lowest BCUT2D eigenvalue weighted by atomic mass is 10.1. The summed E-state index contributed by atoms with van der Waals surface area (Å²) in [6.07, 6.45) is -1.35. The lowest BCUT2D eigenvalue weighted by molar-refractivity contribution is 0.117. The molecular weight excluding hydrogens is 394 g/mol. The van der Waals surface area contributed by atoms with Crippen LogP contribution in [0.25, 0.3) is 10.8 Å². The molecule has 148 valence electrons. The Hall–Kier alpha value is -1.72. The standard InChI is InChI=1S/C17H21NO7S2/c1-25-16-6-7-17(13-5-3-2-4-12(13)16)27(23,24)18(8-9-19)14-10-26(21,22)11-15(14)20/h2-7,14-15,19-20H,8-11H2,1H3/t14-,15-/m0/s1. The summed E-state index contributed by atoms with van der Waals surface area (Å²) < 4.78 is 56.6. The third-order valence-electron chi connectivity index (χ3n) is 4.63. The van der Waals surface area contributed by atoms with E-state index in [0.29, 0.717) is 16.5 Å². The topological polar surface area (TPSA) is 121 Å². The molecule has 3 rings (SSSR count). The molecular formula is C17H21NO7S2. The fraction of sp³-hybridized carbons (Fsp3) is 0.412. The molecule has 0 saturated carbocycles. The Morgan fingerprint density at radius 3 is 2.37 bits per heavy atom. The van der Waals surface area contributed by atoms with Gasteiger partial charge in [0.1, 0.15) is 5.75 Å². The number of benzene rings is 2. The van der Waals surface area contributed by atoms with Crippen molar-refractivity contribution in [1.29, 1.82) is 0 Å². The first kappa shape index (κ1) is 20.0. The van der Waals surface area contributed by atoms with Crippen molar-refractivity contribution in [2.24, 2.45) is 0 Å². The van der Waals surface area contributed by atoms with Crippen molar-refractivity contribution in [3.8, 4) is 5.75 Å². The highest BCUT2D eigenvalue weighted by Crippen LogP contribution is 2.34. The van der Waals surface area contributed by atoms with Crippen molar-refractivity contribution in [1.82, 2.24) is 4.31 Å². The molecule has 2 atom stereocenters. The maximum absolute atomic E-state index is 13.3. The minimum absolute atomic E-state index is 0.0381. The van der Waals surface area contributed by atoms with Gasteiger partial charge in [0.15, 0.2) is 9.84 Å². The quantitative estimate of drug-likeness (QED) is 0.680. The number of hydrogen-bond acceptors (Lipinski definition) is 7. The number of aliphatic hydroxyl groups is 2. The van der Waals surface area contributed by atoms with Gasteiger partial charge in [0.2, 0.25) is 10.0 Å². The molecule has 27 heavy (non-hydrogen) atoms. The number of rotatable bonds is 6. The highest BCUT2D eigenvalue weighted by atomic mass is 32.2. The summed E-state index contributed by atoms with van der Waals surface area (Å²) in [6, 6.07) is 8.55. The summed E-state index contributed by atoms with van der Waals surface area (Å²) in [5, 5.41) is 20.5. The molecule has 0 unspecified atom stereocenters. The zero-order chi connectivity index (χ0) is 19.8. The van der Waals surface area contributed by atoms with Crippen LogP contribution in [0.3, 0.4) is 0 Å². The molecule has 8 nitrogen and oxygen atoms in total. The number of sulfone groups is 1. The molecule has 1 aliphatic heterocycles. The van der Waals surface area contributed by atoms with Gasteiger partial charge in [-0.3, -0.25) is 0 Å². The Balaban J connectivity index is 2.15. The zero-order valence-electron chi connectivity index (χ0n) is 14.6. The summed E-state index contributed by atoms with van der Waals surface area (Å²) in [5.74, 6) is -0.485. The first-order valence-corrected chi connectivity index (χ1v) is 11.5. The van der Waals surface area contributed by atoms with Crippen molar-refractivity contribution in [3.63, 3.8) is 0 Å². The van der Waals surface area contributed by atoms with E-state index in [0.717, 1.165) is 4.31 Å². The van der Waals surface area contributed by atoms with Crippen molar-refractivity contribution < 1.29 is 31.8 Å². The summed E-state index contributed by atoms with van der Waals surface area (Å²) in [4.78, 5) is -0.0381. The van der Waals surface area contributed by atoms with E-state index in [-0.39, 0.29) is 11.4 Å². The van der Waals surface area contributed by atoms with Gasteiger partial charge in [0.25, 0.3) is 0 Å². The molecule has 2 N–H and O–H groups in total. The lowest BCUT2D eigenvalue weighted by Crippen LogP contribution is -2.47. The highest BCUT2D eigenvalue weighted by Gasteiger charge is 2.44. The molecule has 2 aromatic rings. The number of aliphatic hydroxyl groups excluding tert-OH is 2. The van der Waals surface area contributed by atoms with Crippen LogP contribution in [-0.2, 0) is 19.9 Å². The average molecular weight is 415 g/mol. The zero-order valence-corrected chi connectivity index (χ0v) is 16.3. The fourth-order valence-electron chi connectivity index (χ4n) is 3.42. The van der Waals surface area contributed by atoms with Crippen molar-refractivity contribution in [2.45, 2.75) is 17.0 Å². The molecule has 1 heterocycles. The van der Waals surface area contributed by atoms with Crippen LogP contribution in [0, 0.1) is 0 Å². The molecule has 2 aromatic carbocycles. The van der Waals surface area contributed by atoms with Crippen LogP contribution < -0.4 is 4.74 Å². The maximum atomic E-state index is 13.3. The van der Waals surface area contributed by atoms with Crippen molar-refractivity contribution >= 4 is 30.6 Å². The van der Waals surface area contributed by atoms with E-state index in [4.69, 9.17) is 4.74 Å². The number of nitrogens with zero attached hydrogens (tertiary/aromatic N) is 1. The summed E-state index contributed by atoms with van der Waals surface area (Å²) in [6.45, 7) is -0.823. The summed E-state index contributed by atoms with van der Waals surface area (Å²) in [5.41, 5.74) is 0. The molecule has 0 amide bonds. The Morgan fingerprint density at radius 1 is 1.15 bits per heavy atom. The van der Waals surface area contributed by atoms with Crippen molar-refractivity contribution in [3.05, 3.63) is 36.4 Å². The molecule has 1 saturated heterocycles. The smallest absolute Gasteiger partial charge is 0.244 e. The van der Waals surface area contributed by atoms with E-state index in [1.807, 2.05) is 0 Å². The average Bonchev–Trinajstić information content (AvgIpc) is 2.90. The third kappa shape index (κ3) is 3.67. The fourth-order valence-corrected chi connectivity index (χ4v) is 7.16. The maximum Gasteiger partial charge on any atom is 0.244 e. The summed E-state index contributed by atoms with van der Waals surface area (Å²) >= 11 is 0. The summed E-state index contributed by atoms with van der Waals surface area (Å²) in [7, 11) is -6.27. The second-order valence-electron chi connectivity index (χ2n) is 6.36. The Labute approximate surface area is 158 Å². The minimum Gasteiger partial charge on any atom is -0.496 e. The van der Waals surface area contributed by atoms with E-state index in [9.17, 15) is 27.0 Å². The van der Waals surface area contributed by atoms with Gasteiger partial charge in [-0.25, -0.2) is 16.8 Å². The molecule has 0 aromatic heterocycles. The van der Waals surface area contributed by atoms with Crippen molar-refractivity contribution in [2.75, 3.05) is 31.8 Å². The van der Waals surface area contributed by atoms with Gasteiger partial charge in [0.05, 0.1) is 42.3 Å². The van der Waals surface area contributed by atoms with E-state index in [1.165, 1.54) is 19.2 Å². The molecule has 10 heteroatoms. The molecule has 1 fully saturated rings. The van der Waals surface area contributed by atoms with Gasteiger partial charge in [-0.15, -0.1) is 0 Å². The van der Waals surface area contributed by atoms with Gasteiger partial charge in [0, 0.05) is 17.3 Å². The minimum atomic E-state index is -4.19. The second-order valence-corrected chi connectivity index (χ2v) is 10.4. The molecule has 0 aliphatic carbocycles. The van der Waals surface area contributed by atoms with Crippen LogP contribution in [0.4, 0.5) is 0 Å². The normalized spacial score (nSPS) is 22.4. The van der Waals surface area contributed by atoms with Gasteiger partial charge < -0.3 is 14.9 Å². The van der Waals surface area contributed by atoms with Crippen LogP contribution in [0.5, 0.6) is 5.75 Å². The Morgan fingerprint density at radius 2 is 1.81 bits per heavy atom. The first-order valence-electron chi connectivity index (χ1n) is 8.28. The largest absolute Gasteiger partial charge is 0.496 e. The SMILES string of the molecule is COc1ccc(S(=O)(=O)N(CCO)[C@H]2CS(=O)(=O)C[C@@H]2O)c2ccccc12. The molecule has 0 spiro atoms. The first-order chi connectivity index (χ1) is 12.7. The third-order valence-corrected chi connectivity index (χ3v) is 8.32. The Kier molecular flexibility index (Phi) is 5.46. The van der Waals surface area contributed by atoms with Gasteiger partial charge in [-0.05, 0) is 12.1 Å².